The molecule has 1 aromatic rings. The van der Waals surface area contributed by atoms with E-state index in [0.29, 0.717) is 0 Å². The lowest BCUT2D eigenvalue weighted by atomic mass is 10.1. The molecule has 3 heteroatoms. The van der Waals surface area contributed by atoms with E-state index in [1.807, 2.05) is 0 Å². The minimum atomic E-state index is 0.826. The predicted octanol–water partition coefficient (Wildman–Crippen LogP) is 4.56. The van der Waals surface area contributed by atoms with E-state index in [9.17, 15) is 0 Å². The third kappa shape index (κ3) is 6.08. The highest BCUT2D eigenvalue weighted by atomic mass is 16.5. The molecule has 0 bridgehead atoms. The van der Waals surface area contributed by atoms with Crippen LogP contribution in [0.1, 0.15) is 63.9 Å². The fraction of sp³-hybridized carbons (Fsp3) is 0.632. The van der Waals surface area contributed by atoms with Gasteiger partial charge in [0, 0.05) is 18.7 Å². The van der Waals surface area contributed by atoms with Crippen LogP contribution in [0.4, 0.5) is 0 Å². The number of unbranched alkanes of at least 4 members (excludes halogenated alkanes) is 6. The topological polar surface area (TPSA) is 33.6 Å². The number of nitrogens with one attached hydrogen (secondary N) is 1. The molecule has 1 heterocycles. The van der Waals surface area contributed by atoms with Gasteiger partial charge in [-0.1, -0.05) is 45.4 Å². The zero-order chi connectivity index (χ0) is 15.5. The molecule has 0 aromatic heterocycles. The number of hydrogen-bond acceptors (Lipinski definition) is 3. The molecule has 1 aliphatic rings. The van der Waals surface area contributed by atoms with Gasteiger partial charge in [-0.3, -0.25) is 4.99 Å². The smallest absolute Gasteiger partial charge is 0.128 e. The highest BCUT2D eigenvalue weighted by Gasteiger charge is 2.06. The Morgan fingerprint density at radius 1 is 1.00 bits per heavy atom. The van der Waals surface area contributed by atoms with Gasteiger partial charge in [-0.05, 0) is 37.1 Å². The van der Waals surface area contributed by atoms with Crippen molar-refractivity contribution in [2.24, 2.45) is 4.99 Å². The van der Waals surface area contributed by atoms with Crippen LogP contribution in [0.2, 0.25) is 0 Å². The van der Waals surface area contributed by atoms with Crippen LogP contribution in [-0.4, -0.2) is 25.5 Å². The minimum absolute atomic E-state index is 0.826. The SMILES string of the molecule is CCCCCCCCCOc1ccc(C2=NCCCN2)cc1. The maximum atomic E-state index is 5.82. The van der Waals surface area contributed by atoms with E-state index < -0.39 is 0 Å². The molecule has 1 N–H and O–H groups in total. The molecule has 0 unspecified atom stereocenters. The lowest BCUT2D eigenvalue weighted by molar-refractivity contribution is 0.304. The highest BCUT2D eigenvalue weighted by molar-refractivity contribution is 5.99. The average molecular weight is 302 g/mol. The molecule has 0 saturated carbocycles. The van der Waals surface area contributed by atoms with Crippen molar-refractivity contribution in [1.82, 2.24) is 5.32 Å². The van der Waals surface area contributed by atoms with Gasteiger partial charge in [-0.15, -0.1) is 0 Å². The Labute approximate surface area is 135 Å². The van der Waals surface area contributed by atoms with Crippen molar-refractivity contribution in [1.29, 1.82) is 0 Å². The van der Waals surface area contributed by atoms with Crippen LogP contribution in [0.15, 0.2) is 29.3 Å². The second-order valence-corrected chi connectivity index (χ2v) is 6.00. The van der Waals surface area contributed by atoms with E-state index in [1.54, 1.807) is 0 Å². The zero-order valence-corrected chi connectivity index (χ0v) is 13.9. The molecule has 122 valence electrons. The average Bonchev–Trinajstić information content (AvgIpc) is 2.59. The van der Waals surface area contributed by atoms with Crippen molar-refractivity contribution in [2.45, 2.75) is 58.3 Å². The molecule has 1 aliphatic heterocycles. The molecular formula is C19H30N2O. The number of rotatable bonds is 10. The highest BCUT2D eigenvalue weighted by Crippen LogP contribution is 2.14. The van der Waals surface area contributed by atoms with Crippen LogP contribution in [0.5, 0.6) is 5.75 Å². The Kier molecular flexibility index (Phi) is 7.86. The van der Waals surface area contributed by atoms with Gasteiger partial charge in [0.1, 0.15) is 11.6 Å². The molecule has 0 amide bonds. The summed E-state index contributed by atoms with van der Waals surface area (Å²) in [5.41, 5.74) is 1.16. The molecule has 0 aliphatic carbocycles. The van der Waals surface area contributed by atoms with Crippen LogP contribution in [-0.2, 0) is 0 Å². The molecule has 0 spiro atoms. The summed E-state index contributed by atoms with van der Waals surface area (Å²) in [6.45, 7) is 5.04. The lowest BCUT2D eigenvalue weighted by Gasteiger charge is -2.15. The first-order valence-corrected chi connectivity index (χ1v) is 8.91. The quantitative estimate of drug-likeness (QED) is 0.643. The summed E-state index contributed by atoms with van der Waals surface area (Å²) in [5.74, 6) is 1.98. The number of amidine groups is 1. The fourth-order valence-corrected chi connectivity index (χ4v) is 2.68. The molecule has 3 nitrogen and oxygen atoms in total. The Morgan fingerprint density at radius 2 is 1.73 bits per heavy atom. The molecule has 0 fully saturated rings. The van der Waals surface area contributed by atoms with Gasteiger partial charge >= 0.3 is 0 Å². The van der Waals surface area contributed by atoms with Crippen LogP contribution in [0.3, 0.4) is 0 Å². The van der Waals surface area contributed by atoms with Crippen LogP contribution in [0, 0.1) is 0 Å². The summed E-state index contributed by atoms with van der Waals surface area (Å²) in [6.07, 6.45) is 10.4. The van der Waals surface area contributed by atoms with Crippen molar-refractivity contribution in [3.8, 4) is 5.75 Å². The first-order valence-electron chi connectivity index (χ1n) is 8.91. The summed E-state index contributed by atoms with van der Waals surface area (Å²) in [5, 5.41) is 3.34. The Morgan fingerprint density at radius 3 is 2.41 bits per heavy atom. The zero-order valence-electron chi connectivity index (χ0n) is 13.9. The molecule has 0 atom stereocenters. The molecule has 1 aromatic carbocycles. The van der Waals surface area contributed by atoms with Crippen molar-refractivity contribution < 1.29 is 4.74 Å². The van der Waals surface area contributed by atoms with E-state index in [2.05, 4.69) is 41.5 Å². The standard InChI is InChI=1S/C19H30N2O/c1-2-3-4-5-6-7-8-16-22-18-12-10-17(11-13-18)19-20-14-9-15-21-19/h10-13H,2-9,14-16H2,1H3,(H,20,21). The minimum Gasteiger partial charge on any atom is -0.494 e. The maximum Gasteiger partial charge on any atom is 0.128 e. The monoisotopic (exact) mass is 302 g/mol. The van der Waals surface area contributed by atoms with Crippen molar-refractivity contribution in [2.75, 3.05) is 19.7 Å². The second-order valence-electron chi connectivity index (χ2n) is 6.00. The van der Waals surface area contributed by atoms with Crippen molar-refractivity contribution >= 4 is 5.84 Å². The van der Waals surface area contributed by atoms with E-state index in [1.165, 1.54) is 38.5 Å². The normalized spacial score (nSPS) is 14.3. The van der Waals surface area contributed by atoms with Gasteiger partial charge in [0.2, 0.25) is 0 Å². The summed E-state index contributed by atoms with van der Waals surface area (Å²) >= 11 is 0. The van der Waals surface area contributed by atoms with Gasteiger partial charge in [0.15, 0.2) is 0 Å². The molecule has 0 saturated heterocycles. The number of benzene rings is 1. The molecule has 2 rings (SSSR count). The van der Waals surface area contributed by atoms with E-state index in [4.69, 9.17) is 4.74 Å². The van der Waals surface area contributed by atoms with E-state index in [0.717, 1.165) is 49.7 Å². The summed E-state index contributed by atoms with van der Waals surface area (Å²) in [6, 6.07) is 8.29. The first-order chi connectivity index (χ1) is 10.9. The van der Waals surface area contributed by atoms with Crippen LogP contribution < -0.4 is 10.1 Å². The molecule has 22 heavy (non-hydrogen) atoms. The predicted molar refractivity (Wildman–Crippen MR) is 94.0 cm³/mol. The van der Waals surface area contributed by atoms with Gasteiger partial charge in [-0.25, -0.2) is 0 Å². The number of aliphatic imine (C=N–C) groups is 1. The molecular weight excluding hydrogens is 272 g/mol. The van der Waals surface area contributed by atoms with Gasteiger partial charge < -0.3 is 10.1 Å². The molecule has 0 radical (unpaired) electrons. The van der Waals surface area contributed by atoms with E-state index in [-0.39, 0.29) is 0 Å². The van der Waals surface area contributed by atoms with Gasteiger partial charge in [0.25, 0.3) is 0 Å². The summed E-state index contributed by atoms with van der Waals surface area (Å²) in [4.78, 5) is 4.51. The number of ether oxygens (including phenoxy) is 1. The fourth-order valence-electron chi connectivity index (χ4n) is 2.68. The van der Waals surface area contributed by atoms with Crippen molar-refractivity contribution in [3.05, 3.63) is 29.8 Å². The Hall–Kier alpha value is -1.51. The van der Waals surface area contributed by atoms with Crippen LogP contribution >= 0.6 is 0 Å². The summed E-state index contributed by atoms with van der Waals surface area (Å²) in [7, 11) is 0. The second kappa shape index (κ2) is 10.3. The first kappa shape index (κ1) is 16.9. The lowest BCUT2D eigenvalue weighted by Crippen LogP contribution is -2.30. The number of nitrogens with zero attached hydrogens (tertiary/aromatic N) is 1. The van der Waals surface area contributed by atoms with Crippen molar-refractivity contribution in [3.63, 3.8) is 0 Å². The third-order valence-electron chi connectivity index (χ3n) is 4.04. The largest absolute Gasteiger partial charge is 0.494 e. The third-order valence-corrected chi connectivity index (χ3v) is 4.04. The van der Waals surface area contributed by atoms with Crippen LogP contribution in [0.25, 0.3) is 0 Å². The summed E-state index contributed by atoms with van der Waals surface area (Å²) < 4.78 is 5.82. The number of hydrogen-bond donors (Lipinski definition) is 1. The Balaban J connectivity index is 1.61. The van der Waals surface area contributed by atoms with E-state index >= 15 is 0 Å². The van der Waals surface area contributed by atoms with Gasteiger partial charge in [-0.2, -0.15) is 0 Å². The maximum absolute atomic E-state index is 5.82. The van der Waals surface area contributed by atoms with Gasteiger partial charge in [0.05, 0.1) is 6.61 Å². The Bertz CT molecular complexity index is 439.